The highest BCUT2D eigenvalue weighted by molar-refractivity contribution is 6.32. The Hall–Kier alpha value is -2.48. The van der Waals surface area contributed by atoms with E-state index in [4.69, 9.17) is 21.5 Å². The molecule has 1 atom stereocenters. The van der Waals surface area contributed by atoms with Gasteiger partial charge in [-0.3, -0.25) is 4.79 Å². The minimum atomic E-state index is -4.60. The first kappa shape index (κ1) is 25.6. The first-order chi connectivity index (χ1) is 13.7. The second-order valence-corrected chi connectivity index (χ2v) is 6.90. The molecule has 30 heavy (non-hydrogen) atoms. The van der Waals surface area contributed by atoms with Crippen molar-refractivity contribution in [3.8, 4) is 0 Å². The van der Waals surface area contributed by atoms with Crippen molar-refractivity contribution in [2.45, 2.75) is 39.0 Å². The van der Waals surface area contributed by atoms with Crippen LogP contribution in [0.15, 0.2) is 36.4 Å². The van der Waals surface area contributed by atoms with E-state index in [9.17, 15) is 26.3 Å². The lowest BCUT2D eigenvalue weighted by molar-refractivity contribution is -0.139. The van der Waals surface area contributed by atoms with Crippen molar-refractivity contribution in [1.29, 1.82) is 0 Å². The first-order valence-electron chi connectivity index (χ1n) is 8.49. The first-order valence-corrected chi connectivity index (χ1v) is 8.87. The zero-order valence-corrected chi connectivity index (χ0v) is 17.0. The van der Waals surface area contributed by atoms with E-state index in [-0.39, 0.29) is 23.2 Å². The average molecular weight is 453 g/mol. The van der Waals surface area contributed by atoms with Crippen molar-refractivity contribution in [2.75, 3.05) is 0 Å². The lowest BCUT2D eigenvalue weighted by Crippen LogP contribution is -2.19. The second-order valence-electron chi connectivity index (χ2n) is 6.52. The number of allylic oxidation sites excluding steroid dienone is 1. The Balaban J connectivity index is 0.00000141. The Morgan fingerprint density at radius 3 is 1.87 bits per heavy atom. The van der Waals surface area contributed by atoms with Gasteiger partial charge in [-0.2, -0.15) is 26.3 Å². The lowest BCUT2D eigenvalue weighted by atomic mass is 9.93. The second kappa shape index (κ2) is 10.0. The number of aryl methyl sites for hydroxylation is 3. The molecule has 0 heterocycles. The zero-order valence-electron chi connectivity index (χ0n) is 16.2. The maximum atomic E-state index is 13.5. The van der Waals surface area contributed by atoms with Gasteiger partial charge >= 0.3 is 12.4 Å². The SMILES string of the molecule is Cc1ccc(/C=C/C(c2cc(C)c(Cl)c(C)c2)C(F)(F)F)cc1C(F)(F)F.O=CO. The Kier molecular flexibility index (Phi) is 8.53. The number of hydrogen-bond acceptors (Lipinski definition) is 1. The topological polar surface area (TPSA) is 37.3 Å². The predicted molar refractivity (Wildman–Crippen MR) is 104 cm³/mol. The summed E-state index contributed by atoms with van der Waals surface area (Å²) < 4.78 is 79.6. The fourth-order valence-electron chi connectivity index (χ4n) is 2.82. The summed E-state index contributed by atoms with van der Waals surface area (Å²) in [4.78, 5) is 8.36. The van der Waals surface area contributed by atoms with E-state index in [1.54, 1.807) is 13.8 Å². The summed E-state index contributed by atoms with van der Waals surface area (Å²) in [5.74, 6) is -1.96. The van der Waals surface area contributed by atoms with E-state index < -0.39 is 23.8 Å². The molecule has 0 aliphatic heterocycles. The Bertz CT molecular complexity index is 894. The molecule has 2 aromatic rings. The molecule has 2 nitrogen and oxygen atoms in total. The summed E-state index contributed by atoms with van der Waals surface area (Å²) in [7, 11) is 0. The molecule has 0 aliphatic rings. The highest BCUT2D eigenvalue weighted by atomic mass is 35.5. The molecule has 0 saturated carbocycles. The van der Waals surface area contributed by atoms with Crippen molar-refractivity contribution in [2.24, 2.45) is 0 Å². The fraction of sp³-hybridized carbons (Fsp3) is 0.286. The summed E-state index contributed by atoms with van der Waals surface area (Å²) in [6.07, 6.45) is -7.23. The largest absolute Gasteiger partial charge is 0.483 e. The summed E-state index contributed by atoms with van der Waals surface area (Å²) in [6, 6.07) is 6.12. The van der Waals surface area contributed by atoms with E-state index in [0.717, 1.165) is 18.2 Å². The molecule has 0 aromatic heterocycles. The predicted octanol–water partition coefficient (Wildman–Crippen LogP) is 7.34. The molecule has 0 aliphatic carbocycles. The van der Waals surface area contributed by atoms with Crippen LogP contribution in [-0.2, 0) is 11.0 Å². The summed E-state index contributed by atoms with van der Waals surface area (Å²) in [5, 5.41) is 7.28. The highest BCUT2D eigenvalue weighted by Crippen LogP contribution is 2.39. The Labute approximate surface area is 174 Å². The Morgan fingerprint density at radius 1 is 0.933 bits per heavy atom. The van der Waals surface area contributed by atoms with Crippen LogP contribution in [0.5, 0.6) is 0 Å². The zero-order chi connectivity index (χ0) is 23.3. The monoisotopic (exact) mass is 452 g/mol. The molecule has 164 valence electrons. The van der Waals surface area contributed by atoms with Gasteiger partial charge in [0.2, 0.25) is 0 Å². The van der Waals surface area contributed by atoms with Crippen LogP contribution in [0, 0.1) is 20.8 Å². The van der Waals surface area contributed by atoms with Crippen molar-refractivity contribution >= 4 is 24.1 Å². The van der Waals surface area contributed by atoms with Crippen LogP contribution in [-0.4, -0.2) is 17.8 Å². The number of halogens is 7. The van der Waals surface area contributed by atoms with Gasteiger partial charge in [0.15, 0.2) is 0 Å². The molecule has 0 fully saturated rings. The molecule has 0 amide bonds. The number of hydrogen-bond donors (Lipinski definition) is 1. The molecule has 0 saturated heterocycles. The molecule has 2 rings (SSSR count). The maximum absolute atomic E-state index is 13.5. The lowest BCUT2D eigenvalue weighted by Gasteiger charge is -2.19. The van der Waals surface area contributed by atoms with E-state index in [1.807, 2.05) is 0 Å². The molecule has 0 spiro atoms. The van der Waals surface area contributed by atoms with Crippen LogP contribution in [0.2, 0.25) is 5.02 Å². The summed E-state index contributed by atoms with van der Waals surface area (Å²) >= 11 is 6.01. The summed E-state index contributed by atoms with van der Waals surface area (Å²) in [5.41, 5.74) is 0.182. The van der Waals surface area contributed by atoms with Crippen molar-refractivity contribution in [3.05, 3.63) is 74.8 Å². The maximum Gasteiger partial charge on any atom is 0.416 e. The van der Waals surface area contributed by atoms with Crippen LogP contribution in [0.3, 0.4) is 0 Å². The Morgan fingerprint density at radius 2 is 1.43 bits per heavy atom. The fourth-order valence-corrected chi connectivity index (χ4v) is 2.93. The number of rotatable bonds is 3. The molecule has 2 aromatic carbocycles. The van der Waals surface area contributed by atoms with E-state index in [1.165, 1.54) is 31.2 Å². The van der Waals surface area contributed by atoms with Gasteiger partial charge < -0.3 is 5.11 Å². The number of alkyl halides is 6. The highest BCUT2D eigenvalue weighted by Gasteiger charge is 2.39. The van der Waals surface area contributed by atoms with Gasteiger partial charge in [-0.15, -0.1) is 0 Å². The molecular formula is C21H19ClF6O2. The smallest absolute Gasteiger partial charge is 0.416 e. The van der Waals surface area contributed by atoms with E-state index in [2.05, 4.69) is 0 Å². The molecule has 1 unspecified atom stereocenters. The van der Waals surface area contributed by atoms with Gasteiger partial charge in [0.05, 0.1) is 11.5 Å². The van der Waals surface area contributed by atoms with Gasteiger partial charge in [-0.25, -0.2) is 0 Å². The van der Waals surface area contributed by atoms with Crippen molar-refractivity contribution in [3.63, 3.8) is 0 Å². The van der Waals surface area contributed by atoms with E-state index >= 15 is 0 Å². The molecule has 1 N–H and O–H groups in total. The van der Waals surface area contributed by atoms with Gasteiger partial charge in [-0.1, -0.05) is 48.0 Å². The molecule has 9 heteroatoms. The van der Waals surface area contributed by atoms with Crippen LogP contribution in [0.1, 0.15) is 39.3 Å². The number of benzene rings is 2. The molecular weight excluding hydrogens is 434 g/mol. The van der Waals surface area contributed by atoms with Gasteiger partial charge in [0.25, 0.3) is 6.47 Å². The number of carbonyl (C=O) groups is 1. The van der Waals surface area contributed by atoms with Crippen LogP contribution < -0.4 is 0 Å². The van der Waals surface area contributed by atoms with Crippen molar-refractivity contribution in [1.82, 2.24) is 0 Å². The third-order valence-electron chi connectivity index (χ3n) is 4.22. The quantitative estimate of drug-likeness (QED) is 0.390. The average Bonchev–Trinajstić information content (AvgIpc) is 2.59. The minimum Gasteiger partial charge on any atom is -0.483 e. The normalized spacial score (nSPS) is 13.0. The van der Waals surface area contributed by atoms with Gasteiger partial charge in [0, 0.05) is 5.02 Å². The van der Waals surface area contributed by atoms with Crippen LogP contribution >= 0.6 is 11.6 Å². The molecule has 0 radical (unpaired) electrons. The van der Waals surface area contributed by atoms with Crippen LogP contribution in [0.25, 0.3) is 6.08 Å². The van der Waals surface area contributed by atoms with E-state index in [0.29, 0.717) is 16.1 Å². The standard InChI is InChI=1S/C20H17ClF6.CH2O2/c1-11-4-5-14(10-17(11)20(25,26)27)6-7-16(19(22,23)24)15-8-12(2)18(21)13(3)9-15;2-1-3/h4-10,16H,1-3H3;1H,(H,2,3)/b7-6+;. The third kappa shape index (κ3) is 6.79. The third-order valence-corrected chi connectivity index (χ3v) is 4.81. The van der Waals surface area contributed by atoms with Crippen molar-refractivity contribution < 1.29 is 36.2 Å². The number of carboxylic acid groups (broad SMARTS) is 1. The molecule has 0 bridgehead atoms. The van der Waals surface area contributed by atoms with Gasteiger partial charge in [0.1, 0.15) is 0 Å². The van der Waals surface area contributed by atoms with Gasteiger partial charge in [-0.05, 0) is 54.7 Å². The minimum absolute atomic E-state index is 0.0102. The summed E-state index contributed by atoms with van der Waals surface area (Å²) in [6.45, 7) is 4.26. The van der Waals surface area contributed by atoms with Crippen LogP contribution in [0.4, 0.5) is 26.3 Å².